The highest BCUT2D eigenvalue weighted by molar-refractivity contribution is 5.90. The van der Waals surface area contributed by atoms with E-state index >= 15 is 0 Å². The minimum atomic E-state index is -1.21. The number of carboxylic acid groups (broad SMARTS) is 1. The van der Waals surface area contributed by atoms with Crippen LogP contribution >= 0.6 is 0 Å². The number of nitrogens with zero attached hydrogens (tertiary/aromatic N) is 3. The zero-order valence-electron chi connectivity index (χ0n) is 8.04. The van der Waals surface area contributed by atoms with Gasteiger partial charge in [0.1, 0.15) is 12.7 Å². The topological polar surface area (TPSA) is 70.8 Å². The molecule has 0 atom stereocenters. The first-order chi connectivity index (χ1) is 7.18. The molecular formula is C10H8N3O2-. The summed E-state index contributed by atoms with van der Waals surface area (Å²) in [5.74, 6) is -1.21. The van der Waals surface area contributed by atoms with Crippen LogP contribution in [0.5, 0.6) is 0 Å². The van der Waals surface area contributed by atoms with Crippen LogP contribution in [0.1, 0.15) is 15.9 Å². The van der Waals surface area contributed by atoms with Gasteiger partial charge in [-0.05, 0) is 19.1 Å². The maximum atomic E-state index is 10.9. The number of hydrogen-bond acceptors (Lipinski definition) is 4. The lowest BCUT2D eigenvalue weighted by Crippen LogP contribution is -2.24. The monoisotopic (exact) mass is 202 g/mol. The van der Waals surface area contributed by atoms with Crippen LogP contribution in [0.2, 0.25) is 0 Å². The summed E-state index contributed by atoms with van der Waals surface area (Å²) in [7, 11) is 0. The summed E-state index contributed by atoms with van der Waals surface area (Å²) in [6.45, 7) is 1.82. The van der Waals surface area contributed by atoms with Crippen molar-refractivity contribution in [3.63, 3.8) is 0 Å². The Morgan fingerprint density at radius 2 is 2.00 bits per heavy atom. The van der Waals surface area contributed by atoms with E-state index in [1.807, 2.05) is 13.0 Å². The van der Waals surface area contributed by atoms with E-state index in [2.05, 4.69) is 10.2 Å². The van der Waals surface area contributed by atoms with Crippen molar-refractivity contribution in [2.45, 2.75) is 6.92 Å². The van der Waals surface area contributed by atoms with Crippen molar-refractivity contribution >= 4 is 5.97 Å². The maximum Gasteiger partial charge on any atom is 0.123 e. The van der Waals surface area contributed by atoms with Crippen LogP contribution in [-0.2, 0) is 0 Å². The number of carboxylic acids is 1. The zero-order chi connectivity index (χ0) is 10.8. The summed E-state index contributed by atoms with van der Waals surface area (Å²) in [4.78, 5) is 10.9. The molecule has 5 nitrogen and oxygen atoms in total. The molecule has 0 radical (unpaired) electrons. The summed E-state index contributed by atoms with van der Waals surface area (Å²) in [6, 6.07) is 5.08. The van der Waals surface area contributed by atoms with Gasteiger partial charge in [0.05, 0.1) is 11.7 Å². The Morgan fingerprint density at radius 1 is 1.33 bits per heavy atom. The third-order valence-electron chi connectivity index (χ3n) is 2.07. The molecule has 0 N–H and O–H groups in total. The Balaban J connectivity index is 2.61. The quantitative estimate of drug-likeness (QED) is 0.684. The average Bonchev–Trinajstić information content (AvgIpc) is 2.70. The summed E-state index contributed by atoms with van der Waals surface area (Å²) >= 11 is 0. The van der Waals surface area contributed by atoms with Crippen LogP contribution in [-0.4, -0.2) is 20.7 Å². The summed E-state index contributed by atoms with van der Waals surface area (Å²) < 4.78 is 1.53. The molecule has 1 heterocycles. The number of carbonyl (C=O) groups excluding carboxylic acids is 1. The molecule has 15 heavy (non-hydrogen) atoms. The van der Waals surface area contributed by atoms with Crippen molar-refractivity contribution in [2.75, 3.05) is 0 Å². The molecule has 5 heteroatoms. The van der Waals surface area contributed by atoms with Crippen molar-refractivity contribution in [3.05, 3.63) is 42.0 Å². The van der Waals surface area contributed by atoms with Gasteiger partial charge in [0.2, 0.25) is 0 Å². The Labute approximate surface area is 86.0 Å². The van der Waals surface area contributed by atoms with E-state index in [-0.39, 0.29) is 5.56 Å². The number of aromatic carboxylic acids is 1. The van der Waals surface area contributed by atoms with Crippen LogP contribution in [0.15, 0.2) is 30.9 Å². The SMILES string of the molecule is Cc1ccc(-n2cnnc2)c(C(=O)[O-])c1. The second kappa shape index (κ2) is 3.53. The van der Waals surface area contributed by atoms with Gasteiger partial charge in [0.25, 0.3) is 0 Å². The van der Waals surface area contributed by atoms with Crippen molar-refractivity contribution in [1.82, 2.24) is 14.8 Å². The fourth-order valence-electron chi connectivity index (χ4n) is 1.36. The Bertz CT molecular complexity index is 491. The number of benzene rings is 1. The first kappa shape index (κ1) is 9.39. The first-order valence-electron chi connectivity index (χ1n) is 4.35. The highest BCUT2D eigenvalue weighted by Crippen LogP contribution is 2.15. The van der Waals surface area contributed by atoms with Gasteiger partial charge in [0.15, 0.2) is 0 Å². The molecule has 0 spiro atoms. The Hall–Kier alpha value is -2.17. The number of aryl methyl sites for hydroxylation is 1. The molecule has 1 aromatic carbocycles. The van der Waals surface area contributed by atoms with Gasteiger partial charge in [-0.2, -0.15) is 0 Å². The van der Waals surface area contributed by atoms with E-state index < -0.39 is 5.97 Å². The highest BCUT2D eigenvalue weighted by atomic mass is 16.4. The van der Waals surface area contributed by atoms with E-state index in [1.165, 1.54) is 17.2 Å². The molecule has 0 unspecified atom stereocenters. The molecule has 0 aliphatic rings. The molecule has 76 valence electrons. The van der Waals surface area contributed by atoms with Gasteiger partial charge >= 0.3 is 0 Å². The van der Waals surface area contributed by atoms with E-state index in [1.54, 1.807) is 12.1 Å². The van der Waals surface area contributed by atoms with Gasteiger partial charge < -0.3 is 9.90 Å². The molecular weight excluding hydrogens is 194 g/mol. The van der Waals surface area contributed by atoms with E-state index in [0.717, 1.165) is 5.56 Å². The lowest BCUT2D eigenvalue weighted by Gasteiger charge is -2.11. The average molecular weight is 202 g/mol. The van der Waals surface area contributed by atoms with Crippen LogP contribution in [0, 0.1) is 6.92 Å². The first-order valence-corrected chi connectivity index (χ1v) is 4.35. The molecule has 0 aliphatic heterocycles. The predicted octanol–water partition coefficient (Wildman–Crippen LogP) is -0.0608. The van der Waals surface area contributed by atoms with E-state index in [4.69, 9.17) is 0 Å². The summed E-state index contributed by atoms with van der Waals surface area (Å²) in [5, 5.41) is 18.1. The number of carbonyl (C=O) groups is 1. The summed E-state index contributed by atoms with van der Waals surface area (Å²) in [6.07, 6.45) is 2.88. The summed E-state index contributed by atoms with van der Waals surface area (Å²) in [5.41, 5.74) is 1.51. The van der Waals surface area contributed by atoms with Crippen LogP contribution in [0.3, 0.4) is 0 Å². The van der Waals surface area contributed by atoms with Crippen molar-refractivity contribution in [2.24, 2.45) is 0 Å². The van der Waals surface area contributed by atoms with Gasteiger partial charge in [0, 0.05) is 5.56 Å². The molecule has 0 fully saturated rings. The maximum absolute atomic E-state index is 10.9. The molecule has 0 saturated heterocycles. The molecule has 2 aromatic rings. The lowest BCUT2D eigenvalue weighted by atomic mass is 10.1. The third-order valence-corrected chi connectivity index (χ3v) is 2.07. The zero-order valence-corrected chi connectivity index (χ0v) is 8.04. The fourth-order valence-corrected chi connectivity index (χ4v) is 1.36. The molecule has 0 saturated carbocycles. The number of rotatable bonds is 2. The standard InChI is InChI=1S/C10H9N3O2/c1-7-2-3-9(8(4-7)10(14)15)13-5-11-12-6-13/h2-6H,1H3,(H,14,15)/p-1. The fraction of sp³-hybridized carbons (Fsp3) is 0.100. The van der Waals surface area contributed by atoms with E-state index in [0.29, 0.717) is 5.69 Å². The normalized spacial score (nSPS) is 10.2. The van der Waals surface area contributed by atoms with Crippen LogP contribution < -0.4 is 5.11 Å². The van der Waals surface area contributed by atoms with Crippen LogP contribution in [0.25, 0.3) is 5.69 Å². The molecule has 0 bridgehead atoms. The second-order valence-corrected chi connectivity index (χ2v) is 3.18. The van der Waals surface area contributed by atoms with Gasteiger partial charge in [-0.15, -0.1) is 10.2 Å². The van der Waals surface area contributed by atoms with Gasteiger partial charge in [-0.3, -0.25) is 4.57 Å². The third kappa shape index (κ3) is 1.71. The Morgan fingerprint density at radius 3 is 2.60 bits per heavy atom. The second-order valence-electron chi connectivity index (χ2n) is 3.18. The van der Waals surface area contributed by atoms with Crippen LogP contribution in [0.4, 0.5) is 0 Å². The highest BCUT2D eigenvalue weighted by Gasteiger charge is 2.05. The predicted molar refractivity (Wildman–Crippen MR) is 50.4 cm³/mol. The number of aromatic nitrogens is 3. The largest absolute Gasteiger partial charge is 0.545 e. The number of hydrogen-bond donors (Lipinski definition) is 0. The molecule has 1 aromatic heterocycles. The minimum absolute atomic E-state index is 0.134. The lowest BCUT2D eigenvalue weighted by molar-refractivity contribution is -0.255. The molecule has 2 rings (SSSR count). The Kier molecular flexibility index (Phi) is 2.21. The molecule has 0 amide bonds. The smallest absolute Gasteiger partial charge is 0.123 e. The minimum Gasteiger partial charge on any atom is -0.545 e. The van der Waals surface area contributed by atoms with Gasteiger partial charge in [-0.25, -0.2) is 0 Å². The van der Waals surface area contributed by atoms with Gasteiger partial charge in [-0.1, -0.05) is 11.6 Å². The van der Waals surface area contributed by atoms with Crippen molar-refractivity contribution in [1.29, 1.82) is 0 Å². The molecule has 0 aliphatic carbocycles. The van der Waals surface area contributed by atoms with Crippen molar-refractivity contribution in [3.8, 4) is 5.69 Å². The van der Waals surface area contributed by atoms with Crippen molar-refractivity contribution < 1.29 is 9.90 Å². The van der Waals surface area contributed by atoms with E-state index in [9.17, 15) is 9.90 Å².